The van der Waals surface area contributed by atoms with Crippen molar-refractivity contribution >= 4 is 11.8 Å². The summed E-state index contributed by atoms with van der Waals surface area (Å²) in [6, 6.07) is 2.11. The van der Waals surface area contributed by atoms with E-state index in [1.807, 2.05) is 13.8 Å². The number of morpholine rings is 1. The third-order valence-corrected chi connectivity index (χ3v) is 5.82. The van der Waals surface area contributed by atoms with Crippen molar-refractivity contribution in [3.05, 3.63) is 23.2 Å². The van der Waals surface area contributed by atoms with Crippen LogP contribution in [0.3, 0.4) is 0 Å². The normalized spacial score (nSPS) is 19.2. The van der Waals surface area contributed by atoms with Gasteiger partial charge in [0.15, 0.2) is 0 Å². The average Bonchev–Trinajstić information content (AvgIpc) is 3.04. The van der Waals surface area contributed by atoms with Gasteiger partial charge in [-0.2, -0.15) is 0 Å². The Balaban J connectivity index is 1.28. The van der Waals surface area contributed by atoms with Gasteiger partial charge in [-0.25, -0.2) is 0 Å². The van der Waals surface area contributed by atoms with E-state index in [0.717, 1.165) is 76.8 Å². The van der Waals surface area contributed by atoms with E-state index in [-0.39, 0.29) is 0 Å². The second-order valence-electron chi connectivity index (χ2n) is 8.08. The Kier molecular flexibility index (Phi) is 8.09. The Hall–Kier alpha value is -1.90. The monoisotopic (exact) mass is 406 g/mol. The third-order valence-electron chi connectivity index (χ3n) is 5.82. The standard InChI is InChI=1S/C21H34N4O4/c1-16-13-19(17(2)29-16)15-25-6-3-18(4-7-25)14-23-21(27)20(26)22-5-8-24-9-11-28-12-10-24/h13,18H,3-12,14-15H2,1-2H3,(H,22,26)(H,23,27). The quantitative estimate of drug-likeness (QED) is 0.648. The van der Waals surface area contributed by atoms with Crippen LogP contribution in [0.4, 0.5) is 0 Å². The highest BCUT2D eigenvalue weighted by Crippen LogP contribution is 2.21. The lowest BCUT2D eigenvalue weighted by Crippen LogP contribution is -2.46. The molecule has 162 valence electrons. The van der Waals surface area contributed by atoms with Gasteiger partial charge in [0.05, 0.1) is 13.2 Å². The maximum Gasteiger partial charge on any atom is 0.309 e. The molecule has 0 atom stereocenters. The summed E-state index contributed by atoms with van der Waals surface area (Å²) in [5.41, 5.74) is 1.25. The first-order chi connectivity index (χ1) is 14.0. The molecule has 0 spiro atoms. The van der Waals surface area contributed by atoms with E-state index in [1.165, 1.54) is 5.56 Å². The average molecular weight is 407 g/mol. The number of carbonyl (C=O) groups is 2. The molecule has 0 aliphatic carbocycles. The molecule has 1 aromatic heterocycles. The SMILES string of the molecule is Cc1cc(CN2CCC(CNC(=O)C(=O)NCCN3CCOCC3)CC2)c(C)o1. The van der Waals surface area contributed by atoms with Crippen molar-refractivity contribution in [2.24, 2.45) is 5.92 Å². The number of nitrogens with zero attached hydrogens (tertiary/aromatic N) is 2. The summed E-state index contributed by atoms with van der Waals surface area (Å²) in [5.74, 6) is 1.30. The summed E-state index contributed by atoms with van der Waals surface area (Å²) in [4.78, 5) is 28.6. The van der Waals surface area contributed by atoms with Crippen LogP contribution < -0.4 is 10.6 Å². The van der Waals surface area contributed by atoms with E-state index >= 15 is 0 Å². The van der Waals surface area contributed by atoms with Crippen LogP contribution in [0.5, 0.6) is 0 Å². The first-order valence-electron chi connectivity index (χ1n) is 10.7. The summed E-state index contributed by atoms with van der Waals surface area (Å²) in [7, 11) is 0. The second-order valence-corrected chi connectivity index (χ2v) is 8.08. The lowest BCUT2D eigenvalue weighted by molar-refractivity contribution is -0.139. The van der Waals surface area contributed by atoms with Crippen LogP contribution in [0.15, 0.2) is 10.5 Å². The van der Waals surface area contributed by atoms with Gasteiger partial charge in [0.2, 0.25) is 0 Å². The number of likely N-dealkylation sites (tertiary alicyclic amines) is 1. The molecule has 0 bridgehead atoms. The smallest absolute Gasteiger partial charge is 0.309 e. The van der Waals surface area contributed by atoms with Gasteiger partial charge in [-0.1, -0.05) is 0 Å². The number of piperidine rings is 1. The van der Waals surface area contributed by atoms with Crippen LogP contribution in [-0.2, 0) is 20.9 Å². The fourth-order valence-corrected chi connectivity index (χ4v) is 3.98. The fourth-order valence-electron chi connectivity index (χ4n) is 3.98. The van der Waals surface area contributed by atoms with Crippen LogP contribution in [0, 0.1) is 19.8 Å². The predicted octanol–water partition coefficient (Wildman–Crippen LogP) is 0.673. The molecule has 1 aromatic rings. The number of aryl methyl sites for hydroxylation is 2. The first kappa shape index (κ1) is 21.8. The molecule has 2 N–H and O–H groups in total. The molecule has 0 unspecified atom stereocenters. The highest BCUT2D eigenvalue weighted by atomic mass is 16.5. The van der Waals surface area contributed by atoms with Crippen LogP contribution in [-0.4, -0.2) is 80.6 Å². The molecule has 0 aromatic carbocycles. The topological polar surface area (TPSA) is 87.1 Å². The molecule has 2 aliphatic heterocycles. The van der Waals surface area contributed by atoms with Crippen LogP contribution in [0.2, 0.25) is 0 Å². The van der Waals surface area contributed by atoms with Crippen LogP contribution in [0.25, 0.3) is 0 Å². The van der Waals surface area contributed by atoms with E-state index in [1.54, 1.807) is 0 Å². The molecule has 8 nitrogen and oxygen atoms in total. The molecule has 3 rings (SSSR count). The highest BCUT2D eigenvalue weighted by molar-refractivity contribution is 6.35. The van der Waals surface area contributed by atoms with Gasteiger partial charge in [-0.05, 0) is 51.8 Å². The van der Waals surface area contributed by atoms with Gasteiger partial charge < -0.3 is 19.8 Å². The van der Waals surface area contributed by atoms with Gasteiger partial charge in [-0.3, -0.25) is 19.4 Å². The number of furan rings is 1. The van der Waals surface area contributed by atoms with Crippen molar-refractivity contribution in [3.8, 4) is 0 Å². The number of amides is 2. The maximum atomic E-state index is 12.0. The molecule has 8 heteroatoms. The van der Waals surface area contributed by atoms with Crippen molar-refractivity contribution in [3.63, 3.8) is 0 Å². The van der Waals surface area contributed by atoms with Gasteiger partial charge in [0.25, 0.3) is 0 Å². The minimum absolute atomic E-state index is 0.420. The number of rotatable bonds is 7. The third kappa shape index (κ3) is 6.83. The predicted molar refractivity (Wildman–Crippen MR) is 109 cm³/mol. The van der Waals surface area contributed by atoms with E-state index in [2.05, 4.69) is 26.5 Å². The highest BCUT2D eigenvalue weighted by Gasteiger charge is 2.22. The van der Waals surface area contributed by atoms with E-state index in [0.29, 0.717) is 19.0 Å². The summed E-state index contributed by atoms with van der Waals surface area (Å²) in [5, 5.41) is 5.51. The lowest BCUT2D eigenvalue weighted by Gasteiger charge is -2.31. The Morgan fingerprint density at radius 1 is 1.03 bits per heavy atom. The van der Waals surface area contributed by atoms with Gasteiger partial charge >= 0.3 is 11.8 Å². The molecule has 0 radical (unpaired) electrons. The molecular weight excluding hydrogens is 372 g/mol. The van der Waals surface area contributed by atoms with Crippen molar-refractivity contribution < 1.29 is 18.7 Å². The number of hydrogen-bond acceptors (Lipinski definition) is 6. The molecule has 2 saturated heterocycles. The molecule has 3 heterocycles. The summed E-state index contributed by atoms with van der Waals surface area (Å²) in [6.45, 7) is 11.9. The summed E-state index contributed by atoms with van der Waals surface area (Å²) < 4.78 is 10.9. The van der Waals surface area contributed by atoms with Crippen molar-refractivity contribution in [1.29, 1.82) is 0 Å². The second kappa shape index (κ2) is 10.8. The maximum absolute atomic E-state index is 12.0. The van der Waals surface area contributed by atoms with Gasteiger partial charge in [-0.15, -0.1) is 0 Å². The minimum atomic E-state index is -0.540. The number of nitrogens with one attached hydrogen (secondary N) is 2. The van der Waals surface area contributed by atoms with E-state index < -0.39 is 11.8 Å². The zero-order chi connectivity index (χ0) is 20.6. The number of hydrogen-bond donors (Lipinski definition) is 2. The minimum Gasteiger partial charge on any atom is -0.466 e. The van der Waals surface area contributed by atoms with Crippen molar-refractivity contribution in [2.45, 2.75) is 33.2 Å². The Bertz CT molecular complexity index is 676. The van der Waals surface area contributed by atoms with E-state index in [4.69, 9.17) is 9.15 Å². The fraction of sp³-hybridized carbons (Fsp3) is 0.714. The molecule has 2 amide bonds. The Morgan fingerprint density at radius 2 is 1.72 bits per heavy atom. The lowest BCUT2D eigenvalue weighted by atomic mass is 9.96. The van der Waals surface area contributed by atoms with Gasteiger partial charge in [0, 0.05) is 44.8 Å². The number of ether oxygens (including phenoxy) is 1. The Morgan fingerprint density at radius 3 is 2.38 bits per heavy atom. The zero-order valence-electron chi connectivity index (χ0n) is 17.7. The van der Waals surface area contributed by atoms with Crippen molar-refractivity contribution in [2.75, 3.05) is 59.0 Å². The summed E-state index contributed by atoms with van der Waals surface area (Å²) >= 11 is 0. The van der Waals surface area contributed by atoms with Crippen LogP contribution in [0.1, 0.15) is 29.9 Å². The largest absolute Gasteiger partial charge is 0.466 e. The van der Waals surface area contributed by atoms with Gasteiger partial charge in [0.1, 0.15) is 11.5 Å². The molecule has 2 fully saturated rings. The number of carbonyl (C=O) groups excluding carboxylic acids is 2. The molecule has 2 aliphatic rings. The molecule has 0 saturated carbocycles. The zero-order valence-corrected chi connectivity index (χ0v) is 17.7. The molecule has 29 heavy (non-hydrogen) atoms. The van der Waals surface area contributed by atoms with Crippen LogP contribution >= 0.6 is 0 Å². The van der Waals surface area contributed by atoms with E-state index in [9.17, 15) is 9.59 Å². The van der Waals surface area contributed by atoms with Crippen molar-refractivity contribution in [1.82, 2.24) is 20.4 Å². The molecular formula is C21H34N4O4. The Labute approximate surface area is 172 Å². The summed E-state index contributed by atoms with van der Waals surface area (Å²) in [6.07, 6.45) is 2.05. The first-order valence-corrected chi connectivity index (χ1v) is 10.7.